The number of carboxylic acids is 1. The van der Waals surface area contributed by atoms with Gasteiger partial charge in [0, 0.05) is 24.0 Å². The van der Waals surface area contributed by atoms with E-state index in [4.69, 9.17) is 0 Å². The first-order valence-electron chi connectivity index (χ1n) is 7.59. The van der Waals surface area contributed by atoms with E-state index in [2.05, 4.69) is 0 Å². The fraction of sp³-hybridized carbons (Fsp3) is 0.294. The minimum absolute atomic E-state index is 0.0322. The molecule has 0 fully saturated rings. The molecular formula is C17H17NO5S. The predicted molar refractivity (Wildman–Crippen MR) is 86.9 cm³/mol. The Morgan fingerprint density at radius 2 is 2.00 bits per heavy atom. The molecule has 1 unspecified atom stereocenters. The molecule has 2 heterocycles. The lowest BCUT2D eigenvalue weighted by Crippen LogP contribution is -2.42. The Bertz CT molecular complexity index is 928. The lowest BCUT2D eigenvalue weighted by molar-refractivity contribution is -0.141. The first-order valence-corrected chi connectivity index (χ1v) is 9.25. The molecule has 6 nitrogen and oxygen atoms in total. The van der Waals surface area contributed by atoms with Crippen LogP contribution < -0.4 is 0 Å². The molecule has 1 N–H and O–H groups in total. The van der Waals surface area contributed by atoms with Gasteiger partial charge in [0.2, 0.25) is 0 Å². The van der Waals surface area contributed by atoms with E-state index in [0.717, 1.165) is 0 Å². The number of nitrogens with zero attached hydrogens (tertiary/aromatic N) is 1. The summed E-state index contributed by atoms with van der Waals surface area (Å²) >= 11 is 0. The Kier molecular flexibility index (Phi) is 3.83. The van der Waals surface area contributed by atoms with Crippen LogP contribution in [0.25, 0.3) is 0 Å². The minimum Gasteiger partial charge on any atom is -0.480 e. The summed E-state index contributed by atoms with van der Waals surface area (Å²) < 4.78 is 25.8. The lowest BCUT2D eigenvalue weighted by atomic mass is 9.76. The molecule has 2 aromatic rings. The second-order valence-corrected chi connectivity index (χ2v) is 8.09. The number of Topliss-reactive ketones (excluding diaryl/α,β-unsaturated/α-hetero) is 1. The van der Waals surface area contributed by atoms with Gasteiger partial charge in [0.1, 0.15) is 0 Å². The number of carboxylic acid groups (broad SMARTS) is 1. The van der Waals surface area contributed by atoms with Crippen LogP contribution >= 0.6 is 0 Å². The van der Waals surface area contributed by atoms with Gasteiger partial charge in [-0.05, 0) is 30.7 Å². The van der Waals surface area contributed by atoms with E-state index >= 15 is 0 Å². The second-order valence-electron chi connectivity index (χ2n) is 5.81. The normalized spacial score (nSPS) is 19.9. The largest absolute Gasteiger partial charge is 0.480 e. The molecule has 1 aliphatic heterocycles. The highest BCUT2D eigenvalue weighted by molar-refractivity contribution is 7.91. The number of aryl methyl sites for hydroxylation is 1. The number of rotatable bonds is 5. The molecule has 1 atom stereocenters. The number of aromatic nitrogens is 1. The molecule has 1 aromatic heterocycles. The van der Waals surface area contributed by atoms with Crippen molar-refractivity contribution in [2.45, 2.75) is 30.2 Å². The number of hydrogen-bond donors (Lipinski definition) is 1. The van der Waals surface area contributed by atoms with Gasteiger partial charge in [-0.25, -0.2) is 8.42 Å². The summed E-state index contributed by atoms with van der Waals surface area (Å²) in [6.45, 7) is 1.96. The van der Waals surface area contributed by atoms with Crippen molar-refractivity contribution >= 4 is 21.6 Å². The van der Waals surface area contributed by atoms with Gasteiger partial charge in [-0.1, -0.05) is 19.1 Å². The summed E-state index contributed by atoms with van der Waals surface area (Å²) in [7, 11) is -3.47. The highest BCUT2D eigenvalue weighted by Crippen LogP contribution is 2.39. The third-order valence-electron chi connectivity index (χ3n) is 4.58. The highest BCUT2D eigenvalue weighted by Gasteiger charge is 2.52. The summed E-state index contributed by atoms with van der Waals surface area (Å²) in [4.78, 5) is 25.1. The Hall–Kier alpha value is -2.41. The third kappa shape index (κ3) is 2.27. The maximum atomic E-state index is 13.0. The van der Waals surface area contributed by atoms with Crippen LogP contribution in [0.15, 0.2) is 47.5 Å². The quantitative estimate of drug-likeness (QED) is 0.658. The van der Waals surface area contributed by atoms with E-state index in [1.165, 1.54) is 31.2 Å². The number of carbonyl (C=O) groups is 2. The minimum atomic E-state index is -3.47. The number of sulfone groups is 1. The summed E-state index contributed by atoms with van der Waals surface area (Å²) in [6.07, 6.45) is 1.90. The van der Waals surface area contributed by atoms with E-state index in [-0.39, 0.29) is 22.6 Å². The van der Waals surface area contributed by atoms with Crippen molar-refractivity contribution in [2.75, 3.05) is 5.75 Å². The fourth-order valence-electron chi connectivity index (χ4n) is 3.20. The molecule has 0 amide bonds. The SMILES string of the molecule is CCS(=O)(=O)c1cccc(C(=O)C2(C(=O)O)CCn3cccc32)c1. The predicted octanol–water partition coefficient (Wildman–Crippen LogP) is 1.89. The van der Waals surface area contributed by atoms with Crippen molar-refractivity contribution in [3.8, 4) is 0 Å². The number of aliphatic carboxylic acids is 1. The molecule has 0 saturated heterocycles. The first kappa shape index (κ1) is 16.4. The van der Waals surface area contributed by atoms with E-state index in [1.54, 1.807) is 22.9 Å². The number of ketones is 1. The van der Waals surface area contributed by atoms with Gasteiger partial charge >= 0.3 is 5.97 Å². The van der Waals surface area contributed by atoms with Crippen molar-refractivity contribution in [3.05, 3.63) is 53.9 Å². The standard InChI is InChI=1S/C17H17NO5S/c1-2-24(22,23)13-6-3-5-12(11-13)15(19)17(16(20)21)8-10-18-9-4-7-14(17)18/h3-7,9,11H,2,8,10H2,1H3,(H,20,21). The van der Waals surface area contributed by atoms with Gasteiger partial charge in [0.25, 0.3) is 0 Å². The van der Waals surface area contributed by atoms with E-state index < -0.39 is 27.0 Å². The van der Waals surface area contributed by atoms with Crippen LogP contribution in [0, 0.1) is 0 Å². The average Bonchev–Trinajstić information content (AvgIpc) is 3.16. The Balaban J connectivity index is 2.12. The van der Waals surface area contributed by atoms with Crippen LogP contribution in [0.1, 0.15) is 29.4 Å². The van der Waals surface area contributed by atoms with Gasteiger partial charge in [-0.2, -0.15) is 0 Å². The van der Waals surface area contributed by atoms with E-state index in [9.17, 15) is 23.1 Å². The number of fused-ring (bicyclic) bond motifs is 1. The van der Waals surface area contributed by atoms with Crippen molar-refractivity contribution in [1.82, 2.24) is 4.57 Å². The molecule has 24 heavy (non-hydrogen) atoms. The molecule has 0 aliphatic carbocycles. The Morgan fingerprint density at radius 3 is 2.67 bits per heavy atom. The fourth-order valence-corrected chi connectivity index (χ4v) is 4.13. The summed E-state index contributed by atoms with van der Waals surface area (Å²) in [6, 6.07) is 8.97. The molecule has 7 heteroatoms. The van der Waals surface area contributed by atoms with Crippen LogP contribution in [0.3, 0.4) is 0 Å². The monoisotopic (exact) mass is 347 g/mol. The second kappa shape index (κ2) is 5.59. The molecule has 0 spiro atoms. The molecule has 1 aliphatic rings. The third-order valence-corrected chi connectivity index (χ3v) is 6.31. The summed E-state index contributed by atoms with van der Waals surface area (Å²) in [5.74, 6) is -1.88. The lowest BCUT2D eigenvalue weighted by Gasteiger charge is -2.22. The molecule has 0 saturated carbocycles. The van der Waals surface area contributed by atoms with E-state index in [1.807, 2.05) is 0 Å². The summed E-state index contributed by atoms with van der Waals surface area (Å²) in [5, 5.41) is 9.78. The zero-order valence-corrected chi connectivity index (χ0v) is 13.9. The molecule has 3 rings (SSSR count). The Labute approximate surface area is 139 Å². The smallest absolute Gasteiger partial charge is 0.323 e. The zero-order valence-electron chi connectivity index (χ0n) is 13.1. The Morgan fingerprint density at radius 1 is 1.25 bits per heavy atom. The molecular weight excluding hydrogens is 330 g/mol. The number of benzene rings is 1. The van der Waals surface area contributed by atoms with Crippen LogP contribution in [-0.4, -0.2) is 35.6 Å². The maximum Gasteiger partial charge on any atom is 0.323 e. The van der Waals surface area contributed by atoms with Gasteiger partial charge in [-0.3, -0.25) is 9.59 Å². The van der Waals surface area contributed by atoms with Gasteiger partial charge < -0.3 is 9.67 Å². The van der Waals surface area contributed by atoms with Crippen LogP contribution in [0.2, 0.25) is 0 Å². The van der Waals surface area contributed by atoms with Crippen LogP contribution in [0.5, 0.6) is 0 Å². The average molecular weight is 347 g/mol. The van der Waals surface area contributed by atoms with E-state index in [0.29, 0.717) is 12.2 Å². The first-order chi connectivity index (χ1) is 11.3. The van der Waals surface area contributed by atoms with Gasteiger partial charge in [-0.15, -0.1) is 0 Å². The molecule has 126 valence electrons. The van der Waals surface area contributed by atoms with Crippen molar-refractivity contribution in [3.63, 3.8) is 0 Å². The van der Waals surface area contributed by atoms with Crippen LogP contribution in [0.4, 0.5) is 0 Å². The van der Waals surface area contributed by atoms with Crippen molar-refractivity contribution in [1.29, 1.82) is 0 Å². The van der Waals surface area contributed by atoms with Gasteiger partial charge in [0.05, 0.1) is 10.6 Å². The van der Waals surface area contributed by atoms with Crippen LogP contribution in [-0.2, 0) is 26.6 Å². The van der Waals surface area contributed by atoms with Crippen molar-refractivity contribution < 1.29 is 23.1 Å². The van der Waals surface area contributed by atoms with Gasteiger partial charge in [0.15, 0.2) is 21.0 Å². The molecule has 0 radical (unpaired) electrons. The zero-order chi connectivity index (χ0) is 17.5. The number of hydrogen-bond acceptors (Lipinski definition) is 4. The molecule has 0 bridgehead atoms. The summed E-state index contributed by atoms with van der Waals surface area (Å²) in [5.41, 5.74) is -1.14. The molecule has 1 aromatic carbocycles. The topological polar surface area (TPSA) is 93.4 Å². The maximum absolute atomic E-state index is 13.0. The number of carbonyl (C=O) groups excluding carboxylic acids is 1. The highest BCUT2D eigenvalue weighted by atomic mass is 32.2. The van der Waals surface area contributed by atoms with Crippen molar-refractivity contribution in [2.24, 2.45) is 0 Å².